The number of amides is 1. The van der Waals surface area contributed by atoms with E-state index in [2.05, 4.69) is 15.4 Å². The summed E-state index contributed by atoms with van der Waals surface area (Å²) in [7, 11) is 1.82. The molecule has 1 amide bonds. The Morgan fingerprint density at radius 1 is 1.10 bits per heavy atom. The van der Waals surface area contributed by atoms with Crippen molar-refractivity contribution in [2.75, 3.05) is 11.9 Å². The highest BCUT2D eigenvalue weighted by Gasteiger charge is 2.19. The molecule has 0 radical (unpaired) electrons. The van der Waals surface area contributed by atoms with E-state index in [1.165, 1.54) is 11.3 Å². The fourth-order valence-electron chi connectivity index (χ4n) is 3.07. The number of nitrogens with zero attached hydrogens (tertiary/aromatic N) is 3. The summed E-state index contributed by atoms with van der Waals surface area (Å²) < 4.78 is 6.87. The number of hydrogen-bond donors (Lipinski definition) is 1. The minimum atomic E-state index is -0.495. The summed E-state index contributed by atoms with van der Waals surface area (Å²) in [5.41, 5.74) is 3.59. The van der Waals surface area contributed by atoms with Gasteiger partial charge >= 0.3 is 5.97 Å². The van der Waals surface area contributed by atoms with Crippen LogP contribution in [0.15, 0.2) is 66.3 Å². The number of carbonyl (C=O) groups is 2. The number of thiazole rings is 1. The van der Waals surface area contributed by atoms with Gasteiger partial charge in [-0.3, -0.25) is 9.48 Å². The van der Waals surface area contributed by atoms with Gasteiger partial charge in [0, 0.05) is 24.2 Å². The standard InChI is InChI=1S/C23H20N4O3S/c1-3-30-23(29)18-11-16(15-7-5-4-6-8-15)9-10-19(18)25-21(28)20-14-31-22(26-20)17-12-24-27(2)13-17/h4-14H,3H2,1-2H3,(H,25,28). The highest BCUT2D eigenvalue weighted by atomic mass is 32.1. The van der Waals surface area contributed by atoms with E-state index < -0.39 is 11.9 Å². The molecule has 0 bridgehead atoms. The maximum Gasteiger partial charge on any atom is 0.340 e. The van der Waals surface area contributed by atoms with Crippen molar-refractivity contribution in [1.29, 1.82) is 0 Å². The van der Waals surface area contributed by atoms with E-state index in [1.54, 1.807) is 35.3 Å². The largest absolute Gasteiger partial charge is 0.462 e. The molecule has 0 saturated heterocycles. The molecule has 0 saturated carbocycles. The van der Waals surface area contributed by atoms with E-state index in [1.807, 2.05) is 49.6 Å². The molecule has 0 spiro atoms. The van der Waals surface area contributed by atoms with Gasteiger partial charge < -0.3 is 10.1 Å². The second-order valence-corrected chi connectivity index (χ2v) is 7.60. The maximum absolute atomic E-state index is 12.8. The third-order valence-electron chi connectivity index (χ3n) is 4.56. The predicted octanol–water partition coefficient (Wildman–Crippen LogP) is 4.64. The molecule has 0 aliphatic heterocycles. The van der Waals surface area contributed by atoms with Gasteiger partial charge in [0.05, 0.1) is 24.1 Å². The van der Waals surface area contributed by atoms with Gasteiger partial charge in [-0.15, -0.1) is 11.3 Å². The number of aryl methyl sites for hydroxylation is 1. The van der Waals surface area contributed by atoms with Crippen molar-refractivity contribution in [3.8, 4) is 21.7 Å². The highest BCUT2D eigenvalue weighted by Crippen LogP contribution is 2.27. The molecule has 0 aliphatic carbocycles. The average Bonchev–Trinajstić information content (AvgIpc) is 3.44. The summed E-state index contributed by atoms with van der Waals surface area (Å²) in [6, 6.07) is 15.0. The Kier molecular flexibility index (Phi) is 5.90. The third-order valence-corrected chi connectivity index (χ3v) is 5.45. The Bertz CT molecular complexity index is 1230. The van der Waals surface area contributed by atoms with Crippen molar-refractivity contribution in [1.82, 2.24) is 14.8 Å². The van der Waals surface area contributed by atoms with Crippen LogP contribution in [-0.2, 0) is 11.8 Å². The Balaban J connectivity index is 1.62. The number of nitrogens with one attached hydrogen (secondary N) is 1. The third kappa shape index (κ3) is 4.54. The molecular weight excluding hydrogens is 412 g/mol. The zero-order valence-corrected chi connectivity index (χ0v) is 17.8. The number of carbonyl (C=O) groups excluding carboxylic acids is 2. The molecule has 156 valence electrons. The number of esters is 1. The normalized spacial score (nSPS) is 10.6. The molecule has 4 rings (SSSR count). The van der Waals surface area contributed by atoms with Crippen LogP contribution in [0.2, 0.25) is 0 Å². The van der Waals surface area contributed by atoms with Crippen molar-refractivity contribution in [2.45, 2.75) is 6.92 Å². The maximum atomic E-state index is 12.8. The second-order valence-electron chi connectivity index (χ2n) is 6.74. The van der Waals surface area contributed by atoms with Crippen molar-refractivity contribution in [3.63, 3.8) is 0 Å². The lowest BCUT2D eigenvalue weighted by Crippen LogP contribution is -2.16. The zero-order chi connectivity index (χ0) is 21.8. The van der Waals surface area contributed by atoms with Crippen LogP contribution in [0.25, 0.3) is 21.7 Å². The fourth-order valence-corrected chi connectivity index (χ4v) is 3.85. The quantitative estimate of drug-likeness (QED) is 0.449. The van der Waals surface area contributed by atoms with Crippen LogP contribution in [0.1, 0.15) is 27.8 Å². The highest BCUT2D eigenvalue weighted by molar-refractivity contribution is 7.13. The smallest absolute Gasteiger partial charge is 0.340 e. The molecule has 0 atom stereocenters. The molecule has 2 aromatic carbocycles. The zero-order valence-electron chi connectivity index (χ0n) is 17.0. The molecule has 0 aliphatic rings. The van der Waals surface area contributed by atoms with Crippen LogP contribution in [0.3, 0.4) is 0 Å². The van der Waals surface area contributed by atoms with Gasteiger partial charge in [-0.1, -0.05) is 36.4 Å². The minimum absolute atomic E-state index is 0.238. The number of benzene rings is 2. The van der Waals surface area contributed by atoms with Crippen LogP contribution >= 0.6 is 11.3 Å². The molecule has 8 heteroatoms. The van der Waals surface area contributed by atoms with Gasteiger partial charge in [0.25, 0.3) is 5.91 Å². The molecule has 2 heterocycles. The van der Waals surface area contributed by atoms with Crippen LogP contribution in [-0.4, -0.2) is 33.2 Å². The lowest BCUT2D eigenvalue weighted by Gasteiger charge is -2.12. The summed E-state index contributed by atoms with van der Waals surface area (Å²) in [5, 5.41) is 9.30. The first-order valence-corrected chi connectivity index (χ1v) is 10.6. The van der Waals surface area contributed by atoms with Crippen LogP contribution in [0, 0.1) is 0 Å². The van der Waals surface area contributed by atoms with Gasteiger partial charge in [0.1, 0.15) is 10.7 Å². The van der Waals surface area contributed by atoms with E-state index in [9.17, 15) is 9.59 Å². The van der Waals surface area contributed by atoms with Crippen molar-refractivity contribution in [3.05, 3.63) is 77.6 Å². The first-order chi connectivity index (χ1) is 15.0. The summed E-state index contributed by atoms with van der Waals surface area (Å²) in [5.74, 6) is -0.894. The van der Waals surface area contributed by atoms with Crippen LogP contribution in [0.5, 0.6) is 0 Å². The average molecular weight is 433 g/mol. The van der Waals surface area contributed by atoms with Crippen molar-refractivity contribution < 1.29 is 14.3 Å². The van der Waals surface area contributed by atoms with Crippen LogP contribution in [0.4, 0.5) is 5.69 Å². The summed E-state index contributed by atoms with van der Waals surface area (Å²) in [6.45, 7) is 1.98. The van der Waals surface area contributed by atoms with Crippen molar-refractivity contribution >= 4 is 28.9 Å². The number of rotatable bonds is 6. The molecule has 31 heavy (non-hydrogen) atoms. The molecule has 0 unspecified atom stereocenters. The van der Waals surface area contributed by atoms with E-state index in [-0.39, 0.29) is 12.3 Å². The fraction of sp³-hybridized carbons (Fsp3) is 0.130. The predicted molar refractivity (Wildman–Crippen MR) is 120 cm³/mol. The van der Waals surface area contributed by atoms with Gasteiger partial charge in [-0.2, -0.15) is 5.10 Å². The number of ether oxygens (including phenoxy) is 1. The second kappa shape index (κ2) is 8.93. The first-order valence-electron chi connectivity index (χ1n) is 9.67. The monoisotopic (exact) mass is 432 g/mol. The Morgan fingerprint density at radius 3 is 2.61 bits per heavy atom. The number of aromatic nitrogens is 3. The SMILES string of the molecule is CCOC(=O)c1cc(-c2ccccc2)ccc1NC(=O)c1csc(-c2cnn(C)c2)n1. The topological polar surface area (TPSA) is 86.1 Å². The first kappa shape index (κ1) is 20.5. The molecule has 1 N–H and O–H groups in total. The lowest BCUT2D eigenvalue weighted by molar-refractivity contribution is 0.0527. The van der Waals surface area contributed by atoms with E-state index in [4.69, 9.17) is 4.74 Å². The van der Waals surface area contributed by atoms with E-state index in [0.29, 0.717) is 16.3 Å². The summed E-state index contributed by atoms with van der Waals surface area (Å²) in [6.07, 6.45) is 3.53. The van der Waals surface area contributed by atoms with Crippen LogP contribution < -0.4 is 5.32 Å². The van der Waals surface area contributed by atoms with Gasteiger partial charge in [0.15, 0.2) is 0 Å². The molecular formula is C23H20N4O3S. The molecule has 2 aromatic heterocycles. The molecule has 7 nitrogen and oxygen atoms in total. The minimum Gasteiger partial charge on any atom is -0.462 e. The Labute approximate surface area is 183 Å². The summed E-state index contributed by atoms with van der Waals surface area (Å²) in [4.78, 5) is 29.8. The van der Waals surface area contributed by atoms with Gasteiger partial charge in [0.2, 0.25) is 0 Å². The number of hydrogen-bond acceptors (Lipinski definition) is 6. The molecule has 4 aromatic rings. The van der Waals surface area contributed by atoms with E-state index >= 15 is 0 Å². The lowest BCUT2D eigenvalue weighted by atomic mass is 10.0. The van der Waals surface area contributed by atoms with Crippen molar-refractivity contribution in [2.24, 2.45) is 7.05 Å². The molecule has 0 fully saturated rings. The Morgan fingerprint density at radius 2 is 1.90 bits per heavy atom. The van der Waals surface area contributed by atoms with Gasteiger partial charge in [-0.05, 0) is 30.2 Å². The summed E-state index contributed by atoms with van der Waals surface area (Å²) >= 11 is 1.36. The van der Waals surface area contributed by atoms with Gasteiger partial charge in [-0.25, -0.2) is 9.78 Å². The van der Waals surface area contributed by atoms with E-state index in [0.717, 1.165) is 16.7 Å². The number of anilines is 1. The Hall–Kier alpha value is -3.78.